The lowest BCUT2D eigenvalue weighted by atomic mass is 10.8. The summed E-state index contributed by atoms with van der Waals surface area (Å²) in [5.74, 6) is 1.10. The van der Waals surface area contributed by atoms with E-state index in [2.05, 4.69) is 4.98 Å². The molecule has 5 heteroatoms. The molecule has 4 N–H and O–H groups in total. The van der Waals surface area contributed by atoms with Crippen LogP contribution in [0.15, 0.2) is 11.6 Å². The van der Waals surface area contributed by atoms with Crippen LogP contribution in [0.2, 0.25) is 0 Å². The number of nitrogens with zero attached hydrogens (tertiary/aromatic N) is 2. The molecule has 2 aromatic rings. The molecule has 0 spiro atoms. The Labute approximate surface area is 61.1 Å². The number of imidazole rings is 1. The summed E-state index contributed by atoms with van der Waals surface area (Å²) in [6.45, 7) is 0. The summed E-state index contributed by atoms with van der Waals surface area (Å²) < 4.78 is 1.71. The van der Waals surface area contributed by atoms with Crippen LogP contribution in [0, 0.1) is 0 Å². The van der Waals surface area contributed by atoms with Crippen molar-refractivity contribution in [3.05, 3.63) is 11.6 Å². The molecule has 4 nitrogen and oxygen atoms in total. The number of nitrogen functional groups attached to an aromatic ring is 2. The zero-order valence-electron chi connectivity index (χ0n) is 5.11. The van der Waals surface area contributed by atoms with E-state index < -0.39 is 0 Å². The van der Waals surface area contributed by atoms with Gasteiger partial charge < -0.3 is 11.5 Å². The molecule has 0 aromatic carbocycles. The molecule has 2 rings (SSSR count). The molecule has 2 heterocycles. The predicted molar refractivity (Wildman–Crippen MR) is 41.9 cm³/mol. The number of fused-ring (bicyclic) bond motifs is 1. The second-order valence-corrected chi connectivity index (χ2v) is 2.84. The summed E-state index contributed by atoms with van der Waals surface area (Å²) in [7, 11) is 0. The van der Waals surface area contributed by atoms with Crippen molar-refractivity contribution in [1.82, 2.24) is 9.38 Å². The lowest BCUT2D eigenvalue weighted by Crippen LogP contribution is -1.96. The summed E-state index contributed by atoms with van der Waals surface area (Å²) in [6.07, 6.45) is 1.70. The lowest BCUT2D eigenvalue weighted by Gasteiger charge is -1.89. The topological polar surface area (TPSA) is 69.3 Å². The van der Waals surface area contributed by atoms with Crippen molar-refractivity contribution in [1.29, 1.82) is 0 Å². The van der Waals surface area contributed by atoms with Gasteiger partial charge in [0.25, 0.3) is 0 Å². The largest absolute Gasteiger partial charge is 0.384 e. The van der Waals surface area contributed by atoms with Crippen LogP contribution in [0.5, 0.6) is 0 Å². The first-order valence-corrected chi connectivity index (χ1v) is 3.63. The second kappa shape index (κ2) is 1.63. The molecule has 0 radical (unpaired) electrons. The average molecular weight is 154 g/mol. The van der Waals surface area contributed by atoms with E-state index in [0.29, 0.717) is 11.8 Å². The number of rotatable bonds is 0. The van der Waals surface area contributed by atoms with E-state index in [-0.39, 0.29) is 0 Å². The molecule has 0 unspecified atom stereocenters. The monoisotopic (exact) mass is 154 g/mol. The summed E-state index contributed by atoms with van der Waals surface area (Å²) in [4.78, 5) is 4.87. The SMILES string of the molecule is Nc1csc2cnc(N)n12. The first-order valence-electron chi connectivity index (χ1n) is 2.75. The minimum absolute atomic E-state index is 0.453. The Kier molecular flexibility index (Phi) is 0.906. The molecule has 0 aliphatic rings. The van der Waals surface area contributed by atoms with Crippen molar-refractivity contribution in [3.8, 4) is 0 Å². The van der Waals surface area contributed by atoms with Gasteiger partial charge in [-0.3, -0.25) is 4.40 Å². The van der Waals surface area contributed by atoms with Crippen LogP contribution in [0.3, 0.4) is 0 Å². The summed E-state index contributed by atoms with van der Waals surface area (Å²) >= 11 is 1.53. The van der Waals surface area contributed by atoms with Crippen LogP contribution in [-0.2, 0) is 0 Å². The van der Waals surface area contributed by atoms with E-state index in [1.807, 2.05) is 5.38 Å². The third-order valence-corrected chi connectivity index (χ3v) is 2.20. The van der Waals surface area contributed by atoms with Crippen LogP contribution < -0.4 is 11.5 Å². The normalized spacial score (nSPS) is 10.8. The van der Waals surface area contributed by atoms with Crippen LogP contribution in [0.4, 0.5) is 11.8 Å². The average Bonchev–Trinajstić information content (AvgIpc) is 2.40. The fraction of sp³-hybridized carbons (Fsp3) is 0. The molecule has 2 aromatic heterocycles. The fourth-order valence-electron chi connectivity index (χ4n) is 0.866. The molecule has 0 atom stereocenters. The smallest absolute Gasteiger partial charge is 0.207 e. The number of aromatic nitrogens is 2. The first kappa shape index (κ1) is 5.55. The Bertz CT molecular complexity index is 329. The number of hydrogen-bond acceptors (Lipinski definition) is 4. The number of thiazole rings is 1. The maximum absolute atomic E-state index is 5.57. The maximum atomic E-state index is 5.57. The Hall–Kier alpha value is -1.23. The molecule has 0 bridgehead atoms. The third-order valence-electron chi connectivity index (χ3n) is 1.32. The summed E-state index contributed by atoms with van der Waals surface area (Å²) in [5, 5.41) is 1.84. The van der Waals surface area contributed by atoms with Crippen LogP contribution in [0.1, 0.15) is 0 Å². The molecule has 0 aliphatic heterocycles. The van der Waals surface area contributed by atoms with Gasteiger partial charge in [-0.15, -0.1) is 11.3 Å². The zero-order valence-corrected chi connectivity index (χ0v) is 5.93. The van der Waals surface area contributed by atoms with Crippen LogP contribution in [0.25, 0.3) is 4.83 Å². The molecular formula is C5H6N4S. The predicted octanol–water partition coefficient (Wildman–Crippen LogP) is 0.560. The van der Waals surface area contributed by atoms with Gasteiger partial charge in [0.05, 0.1) is 6.20 Å². The summed E-state index contributed by atoms with van der Waals surface area (Å²) in [5.41, 5.74) is 11.1. The quantitative estimate of drug-likeness (QED) is 0.582. The fourth-order valence-corrected chi connectivity index (χ4v) is 1.63. The van der Waals surface area contributed by atoms with Gasteiger partial charge in [0.15, 0.2) is 0 Å². The van der Waals surface area contributed by atoms with E-state index in [9.17, 15) is 0 Å². The Balaban J connectivity index is 2.98. The van der Waals surface area contributed by atoms with Gasteiger partial charge >= 0.3 is 0 Å². The van der Waals surface area contributed by atoms with E-state index in [0.717, 1.165) is 4.83 Å². The lowest BCUT2D eigenvalue weighted by molar-refractivity contribution is 1.21. The van der Waals surface area contributed by atoms with Crippen molar-refractivity contribution in [2.24, 2.45) is 0 Å². The maximum Gasteiger partial charge on any atom is 0.207 e. The molecule has 0 saturated heterocycles. The Morgan fingerprint density at radius 2 is 2.30 bits per heavy atom. The highest BCUT2D eigenvalue weighted by molar-refractivity contribution is 7.16. The Morgan fingerprint density at radius 1 is 1.50 bits per heavy atom. The van der Waals surface area contributed by atoms with E-state index in [1.165, 1.54) is 11.3 Å². The highest BCUT2D eigenvalue weighted by Crippen LogP contribution is 2.20. The summed E-state index contributed by atoms with van der Waals surface area (Å²) in [6, 6.07) is 0. The first-order chi connectivity index (χ1) is 4.79. The number of hydrogen-bond donors (Lipinski definition) is 2. The molecular weight excluding hydrogens is 148 g/mol. The van der Waals surface area contributed by atoms with Crippen molar-refractivity contribution in [2.75, 3.05) is 11.5 Å². The van der Waals surface area contributed by atoms with Crippen molar-refractivity contribution in [2.45, 2.75) is 0 Å². The third kappa shape index (κ3) is 0.522. The zero-order chi connectivity index (χ0) is 7.14. The van der Waals surface area contributed by atoms with Crippen LogP contribution in [-0.4, -0.2) is 9.38 Å². The molecule has 52 valence electrons. The second-order valence-electron chi connectivity index (χ2n) is 1.95. The highest BCUT2D eigenvalue weighted by atomic mass is 32.1. The molecule has 0 aliphatic carbocycles. The van der Waals surface area contributed by atoms with Crippen molar-refractivity contribution >= 4 is 27.9 Å². The minimum atomic E-state index is 0.453. The van der Waals surface area contributed by atoms with Crippen molar-refractivity contribution in [3.63, 3.8) is 0 Å². The molecule has 10 heavy (non-hydrogen) atoms. The van der Waals surface area contributed by atoms with Gasteiger partial charge in [0, 0.05) is 5.38 Å². The minimum Gasteiger partial charge on any atom is -0.384 e. The van der Waals surface area contributed by atoms with E-state index >= 15 is 0 Å². The van der Waals surface area contributed by atoms with Gasteiger partial charge in [0.1, 0.15) is 10.6 Å². The van der Waals surface area contributed by atoms with Gasteiger partial charge in [-0.05, 0) is 0 Å². The number of nitrogens with two attached hydrogens (primary N) is 2. The molecule has 0 amide bonds. The van der Waals surface area contributed by atoms with Gasteiger partial charge in [-0.1, -0.05) is 0 Å². The molecule has 0 saturated carbocycles. The van der Waals surface area contributed by atoms with E-state index in [4.69, 9.17) is 11.5 Å². The standard InChI is InChI=1S/C5H6N4S/c6-3-2-10-4-1-8-5(7)9(3)4/h1-2H,6H2,(H2,7,8). The van der Waals surface area contributed by atoms with Gasteiger partial charge in [-0.25, -0.2) is 4.98 Å². The van der Waals surface area contributed by atoms with Gasteiger partial charge in [-0.2, -0.15) is 0 Å². The number of anilines is 2. The highest BCUT2D eigenvalue weighted by Gasteiger charge is 2.02. The molecule has 0 fully saturated rings. The van der Waals surface area contributed by atoms with E-state index in [1.54, 1.807) is 10.6 Å². The van der Waals surface area contributed by atoms with Crippen molar-refractivity contribution < 1.29 is 0 Å². The Morgan fingerprint density at radius 3 is 3.00 bits per heavy atom. The van der Waals surface area contributed by atoms with Gasteiger partial charge in [0.2, 0.25) is 5.95 Å². The van der Waals surface area contributed by atoms with Crippen LogP contribution >= 0.6 is 11.3 Å².